The number of benzene rings is 1. The van der Waals surface area contributed by atoms with Gasteiger partial charge in [-0.1, -0.05) is 24.2 Å². The summed E-state index contributed by atoms with van der Waals surface area (Å²) in [5.41, 5.74) is 0.705. The second-order valence-electron chi connectivity index (χ2n) is 2.68. The largest absolute Gasteiger partial charge is 0.380 e. The lowest BCUT2D eigenvalue weighted by Crippen LogP contribution is -2.00. The molecule has 0 unspecified atom stereocenters. The number of non-ortho nitro benzene ring substituents is 1. The van der Waals surface area contributed by atoms with Crippen molar-refractivity contribution in [3.05, 3.63) is 46.0 Å². The van der Waals surface area contributed by atoms with Crippen molar-refractivity contribution >= 4 is 23.0 Å². The van der Waals surface area contributed by atoms with Crippen LogP contribution in [0.15, 0.2) is 35.9 Å². The van der Waals surface area contributed by atoms with Crippen molar-refractivity contribution in [2.75, 3.05) is 11.9 Å². The van der Waals surface area contributed by atoms with Crippen LogP contribution >= 0.6 is 11.6 Å². The summed E-state index contributed by atoms with van der Waals surface area (Å²) in [5, 5.41) is 13.8. The molecule has 1 aromatic carbocycles. The average molecular weight is 213 g/mol. The zero-order valence-corrected chi connectivity index (χ0v) is 8.12. The molecule has 0 aliphatic rings. The minimum Gasteiger partial charge on any atom is -0.380 e. The molecule has 0 saturated heterocycles. The van der Waals surface area contributed by atoms with Crippen molar-refractivity contribution < 1.29 is 4.92 Å². The molecule has 0 atom stereocenters. The van der Waals surface area contributed by atoms with Crippen LogP contribution in [-0.2, 0) is 0 Å². The molecule has 0 heterocycles. The highest BCUT2D eigenvalue weighted by atomic mass is 35.5. The molecule has 5 heteroatoms. The summed E-state index contributed by atoms with van der Waals surface area (Å²) in [7, 11) is 0. The van der Waals surface area contributed by atoms with E-state index in [4.69, 9.17) is 11.6 Å². The third-order valence-corrected chi connectivity index (χ3v) is 1.67. The van der Waals surface area contributed by atoms with Gasteiger partial charge in [0.1, 0.15) is 0 Å². The Morgan fingerprint density at radius 3 is 2.93 bits per heavy atom. The number of hydrogen-bond acceptors (Lipinski definition) is 3. The van der Waals surface area contributed by atoms with Gasteiger partial charge in [-0.15, -0.1) is 0 Å². The van der Waals surface area contributed by atoms with Crippen LogP contribution in [0.5, 0.6) is 0 Å². The van der Waals surface area contributed by atoms with Crippen LogP contribution in [0.4, 0.5) is 11.4 Å². The number of hydrogen-bond donors (Lipinski definition) is 1. The first-order valence-electron chi connectivity index (χ1n) is 3.91. The van der Waals surface area contributed by atoms with E-state index in [0.29, 0.717) is 17.3 Å². The van der Waals surface area contributed by atoms with Crippen molar-refractivity contribution in [3.63, 3.8) is 0 Å². The molecule has 14 heavy (non-hydrogen) atoms. The van der Waals surface area contributed by atoms with Crippen LogP contribution in [-0.4, -0.2) is 11.5 Å². The molecule has 1 rings (SSSR count). The molecule has 1 N–H and O–H groups in total. The number of rotatable bonds is 4. The zero-order valence-electron chi connectivity index (χ0n) is 7.37. The van der Waals surface area contributed by atoms with Crippen molar-refractivity contribution in [2.24, 2.45) is 0 Å². The van der Waals surface area contributed by atoms with Crippen molar-refractivity contribution in [3.8, 4) is 0 Å². The van der Waals surface area contributed by atoms with E-state index in [1.807, 2.05) is 0 Å². The van der Waals surface area contributed by atoms with Gasteiger partial charge in [-0.3, -0.25) is 10.1 Å². The molecule has 0 aliphatic carbocycles. The molecule has 0 spiro atoms. The van der Waals surface area contributed by atoms with Crippen LogP contribution in [0.3, 0.4) is 0 Å². The number of nitrogens with zero attached hydrogens (tertiary/aromatic N) is 1. The molecule has 0 radical (unpaired) electrons. The van der Waals surface area contributed by atoms with Crippen LogP contribution in [0.2, 0.25) is 0 Å². The molecule has 0 amide bonds. The third kappa shape index (κ3) is 3.06. The fourth-order valence-electron chi connectivity index (χ4n) is 0.927. The topological polar surface area (TPSA) is 55.2 Å². The fraction of sp³-hybridized carbons (Fsp3) is 0.111. The molecule has 0 fully saturated rings. The minimum atomic E-state index is -0.444. The summed E-state index contributed by atoms with van der Waals surface area (Å²) in [6, 6.07) is 6.21. The van der Waals surface area contributed by atoms with Gasteiger partial charge >= 0.3 is 0 Å². The molecule has 4 nitrogen and oxygen atoms in total. The minimum absolute atomic E-state index is 0.0511. The Hall–Kier alpha value is -1.55. The van der Waals surface area contributed by atoms with Gasteiger partial charge in [-0.05, 0) is 6.07 Å². The number of anilines is 1. The van der Waals surface area contributed by atoms with Crippen LogP contribution in [0.1, 0.15) is 0 Å². The van der Waals surface area contributed by atoms with E-state index in [2.05, 4.69) is 11.9 Å². The standard InChI is InChI=1S/C9H9ClN2O2/c1-7(10)6-11-8-3-2-4-9(5-8)12(13)14/h2-5,11H,1,6H2. The van der Waals surface area contributed by atoms with Gasteiger partial charge in [0.2, 0.25) is 0 Å². The van der Waals surface area contributed by atoms with Crippen LogP contribution in [0, 0.1) is 10.1 Å². The fourth-order valence-corrected chi connectivity index (χ4v) is 0.994. The van der Waals surface area contributed by atoms with Gasteiger partial charge in [0.25, 0.3) is 5.69 Å². The Balaban J connectivity index is 2.73. The van der Waals surface area contributed by atoms with Crippen molar-refractivity contribution in [2.45, 2.75) is 0 Å². The van der Waals surface area contributed by atoms with Crippen LogP contribution < -0.4 is 5.32 Å². The number of halogens is 1. The van der Waals surface area contributed by atoms with E-state index < -0.39 is 4.92 Å². The summed E-state index contributed by atoms with van der Waals surface area (Å²) >= 11 is 5.54. The highest BCUT2D eigenvalue weighted by Crippen LogP contribution is 2.17. The first-order valence-corrected chi connectivity index (χ1v) is 4.29. The van der Waals surface area contributed by atoms with Crippen LogP contribution in [0.25, 0.3) is 0 Å². The molecule has 1 aromatic rings. The summed E-state index contributed by atoms with van der Waals surface area (Å²) in [4.78, 5) is 9.98. The smallest absolute Gasteiger partial charge is 0.271 e. The van der Waals surface area contributed by atoms with E-state index in [9.17, 15) is 10.1 Å². The third-order valence-electron chi connectivity index (χ3n) is 1.54. The highest BCUT2D eigenvalue weighted by Gasteiger charge is 2.04. The van der Waals surface area contributed by atoms with Crippen molar-refractivity contribution in [1.29, 1.82) is 0 Å². The van der Waals surface area contributed by atoms with E-state index >= 15 is 0 Å². The predicted octanol–water partition coefficient (Wildman–Crippen LogP) is 2.76. The maximum atomic E-state index is 10.4. The van der Waals surface area contributed by atoms with E-state index in [-0.39, 0.29) is 5.69 Å². The average Bonchev–Trinajstić information content (AvgIpc) is 2.15. The molecule has 0 aliphatic heterocycles. The van der Waals surface area contributed by atoms with Crippen molar-refractivity contribution in [1.82, 2.24) is 0 Å². The Bertz CT molecular complexity index is 366. The Morgan fingerprint density at radius 1 is 1.64 bits per heavy atom. The van der Waals surface area contributed by atoms with Gasteiger partial charge in [0, 0.05) is 22.9 Å². The second kappa shape index (κ2) is 4.62. The zero-order chi connectivity index (χ0) is 10.6. The number of nitro benzene ring substituents is 1. The van der Waals surface area contributed by atoms with Gasteiger partial charge < -0.3 is 5.32 Å². The van der Waals surface area contributed by atoms with E-state index in [1.165, 1.54) is 12.1 Å². The summed E-state index contributed by atoms with van der Waals surface area (Å²) in [5.74, 6) is 0. The predicted molar refractivity (Wildman–Crippen MR) is 56.6 cm³/mol. The first-order chi connectivity index (χ1) is 6.59. The maximum Gasteiger partial charge on any atom is 0.271 e. The van der Waals surface area contributed by atoms with Gasteiger partial charge in [0.15, 0.2) is 0 Å². The summed E-state index contributed by atoms with van der Waals surface area (Å²) < 4.78 is 0. The normalized spacial score (nSPS) is 9.50. The maximum absolute atomic E-state index is 10.4. The Kier molecular flexibility index (Phi) is 3.48. The van der Waals surface area contributed by atoms with Gasteiger partial charge in [0.05, 0.1) is 11.5 Å². The highest BCUT2D eigenvalue weighted by molar-refractivity contribution is 6.29. The quantitative estimate of drug-likeness (QED) is 0.617. The lowest BCUT2D eigenvalue weighted by Gasteiger charge is -2.03. The van der Waals surface area contributed by atoms with E-state index in [1.54, 1.807) is 12.1 Å². The van der Waals surface area contributed by atoms with Gasteiger partial charge in [-0.25, -0.2) is 0 Å². The summed E-state index contributed by atoms with van der Waals surface area (Å²) in [6.45, 7) is 3.89. The molecular weight excluding hydrogens is 204 g/mol. The SMILES string of the molecule is C=C(Cl)CNc1cccc([N+](=O)[O-])c1. The number of nitro groups is 1. The Labute approximate surface area is 86.3 Å². The Morgan fingerprint density at radius 2 is 2.36 bits per heavy atom. The lowest BCUT2D eigenvalue weighted by atomic mass is 10.3. The second-order valence-corrected chi connectivity index (χ2v) is 3.21. The van der Waals surface area contributed by atoms with Gasteiger partial charge in [-0.2, -0.15) is 0 Å². The monoisotopic (exact) mass is 212 g/mol. The molecule has 0 bridgehead atoms. The molecular formula is C9H9ClN2O2. The number of nitrogens with one attached hydrogen (secondary N) is 1. The molecule has 0 aromatic heterocycles. The molecule has 74 valence electrons. The molecule has 0 saturated carbocycles. The first kappa shape index (κ1) is 10.5. The van der Waals surface area contributed by atoms with E-state index in [0.717, 1.165) is 0 Å². The lowest BCUT2D eigenvalue weighted by molar-refractivity contribution is -0.384. The summed E-state index contributed by atoms with van der Waals surface area (Å²) in [6.07, 6.45) is 0.